The minimum atomic E-state index is -0.0994. The Morgan fingerprint density at radius 1 is 1.10 bits per heavy atom. The number of hydrogen-bond donors (Lipinski definition) is 2. The third kappa shape index (κ3) is 6.79. The molecule has 31 heavy (non-hydrogen) atoms. The van der Waals surface area contributed by atoms with Crippen LogP contribution in [0.3, 0.4) is 0 Å². The van der Waals surface area contributed by atoms with Gasteiger partial charge in [0.15, 0.2) is 11.0 Å². The average molecular weight is 549 g/mol. The molecule has 0 unspecified atom stereocenters. The van der Waals surface area contributed by atoms with Crippen LogP contribution in [0.4, 0.5) is 5.69 Å². The van der Waals surface area contributed by atoms with E-state index in [-0.39, 0.29) is 17.6 Å². The number of aryl methyl sites for hydroxylation is 1. The minimum Gasteiger partial charge on any atom is -0.349 e. The van der Waals surface area contributed by atoms with E-state index in [1.54, 1.807) is 0 Å². The number of nitrogens with zero attached hydrogens (tertiary/aromatic N) is 3. The summed E-state index contributed by atoms with van der Waals surface area (Å²) < 4.78 is 3.04. The standard InChI is InChI=1S/C22H24IN5O2S/c1-3-28-19(13-24-20(29)12-16-7-5-4-6-8-16)26-27-22(28)31-14-21(30)25-18-10-9-17(23)11-15(18)2/h4-11H,3,12-14H2,1-2H3,(H,24,29)(H,25,30). The molecule has 3 aromatic rings. The van der Waals surface area contributed by atoms with E-state index in [4.69, 9.17) is 0 Å². The molecule has 1 aromatic heterocycles. The largest absolute Gasteiger partial charge is 0.349 e. The molecule has 0 aliphatic carbocycles. The van der Waals surface area contributed by atoms with Gasteiger partial charge < -0.3 is 15.2 Å². The van der Waals surface area contributed by atoms with Gasteiger partial charge >= 0.3 is 0 Å². The number of carbonyl (C=O) groups excluding carboxylic acids is 2. The van der Waals surface area contributed by atoms with Gasteiger partial charge in [0.25, 0.3) is 0 Å². The molecule has 162 valence electrons. The van der Waals surface area contributed by atoms with Crippen LogP contribution >= 0.6 is 34.4 Å². The molecule has 3 rings (SSSR count). The van der Waals surface area contributed by atoms with Crippen molar-refractivity contribution in [3.63, 3.8) is 0 Å². The first-order valence-corrected chi connectivity index (χ1v) is 11.9. The number of aromatic nitrogens is 3. The summed E-state index contributed by atoms with van der Waals surface area (Å²) in [4.78, 5) is 24.6. The number of nitrogens with one attached hydrogen (secondary N) is 2. The van der Waals surface area contributed by atoms with Gasteiger partial charge in [-0.3, -0.25) is 9.59 Å². The van der Waals surface area contributed by atoms with Crippen LogP contribution in [0.2, 0.25) is 0 Å². The van der Waals surface area contributed by atoms with Crippen molar-refractivity contribution in [2.75, 3.05) is 11.1 Å². The summed E-state index contributed by atoms with van der Waals surface area (Å²) in [6, 6.07) is 15.5. The van der Waals surface area contributed by atoms with E-state index >= 15 is 0 Å². The molecule has 7 nitrogen and oxygen atoms in total. The fourth-order valence-electron chi connectivity index (χ4n) is 2.98. The Morgan fingerprint density at radius 3 is 2.58 bits per heavy atom. The molecule has 2 N–H and O–H groups in total. The maximum Gasteiger partial charge on any atom is 0.234 e. The van der Waals surface area contributed by atoms with E-state index in [1.807, 2.05) is 66.9 Å². The van der Waals surface area contributed by atoms with Crippen molar-refractivity contribution < 1.29 is 9.59 Å². The Balaban J connectivity index is 1.53. The lowest BCUT2D eigenvalue weighted by Crippen LogP contribution is -2.26. The molecule has 2 aromatic carbocycles. The molecule has 0 aliphatic rings. The van der Waals surface area contributed by atoms with E-state index < -0.39 is 0 Å². The van der Waals surface area contributed by atoms with E-state index in [2.05, 4.69) is 43.4 Å². The Labute approximate surface area is 199 Å². The Bertz CT molecular complexity index is 1060. The first kappa shape index (κ1) is 23.3. The number of carbonyl (C=O) groups is 2. The topological polar surface area (TPSA) is 88.9 Å². The minimum absolute atomic E-state index is 0.0710. The van der Waals surface area contributed by atoms with Gasteiger partial charge in [0.1, 0.15) is 0 Å². The van der Waals surface area contributed by atoms with Gasteiger partial charge in [-0.2, -0.15) is 0 Å². The van der Waals surface area contributed by atoms with Crippen molar-refractivity contribution in [3.05, 3.63) is 69.1 Å². The molecule has 0 atom stereocenters. The van der Waals surface area contributed by atoms with E-state index in [0.29, 0.717) is 30.5 Å². The first-order valence-electron chi connectivity index (χ1n) is 9.87. The lowest BCUT2D eigenvalue weighted by molar-refractivity contribution is -0.120. The van der Waals surface area contributed by atoms with E-state index in [1.165, 1.54) is 11.8 Å². The number of thioether (sulfide) groups is 1. The number of hydrogen-bond acceptors (Lipinski definition) is 5. The lowest BCUT2D eigenvalue weighted by Gasteiger charge is -2.10. The van der Waals surface area contributed by atoms with Crippen LogP contribution in [-0.4, -0.2) is 32.3 Å². The molecule has 9 heteroatoms. The third-order valence-corrected chi connectivity index (χ3v) is 6.19. The highest BCUT2D eigenvalue weighted by atomic mass is 127. The molecule has 0 fully saturated rings. The number of rotatable bonds is 9. The zero-order valence-corrected chi connectivity index (χ0v) is 20.4. The maximum absolute atomic E-state index is 12.4. The van der Waals surface area contributed by atoms with Gasteiger partial charge in [-0.15, -0.1) is 10.2 Å². The fourth-order valence-corrected chi connectivity index (χ4v) is 4.45. The summed E-state index contributed by atoms with van der Waals surface area (Å²) >= 11 is 3.57. The second-order valence-corrected chi connectivity index (χ2v) is 9.07. The predicted octanol–water partition coefficient (Wildman–Crippen LogP) is 3.80. The SMILES string of the molecule is CCn1c(CNC(=O)Cc2ccccc2)nnc1SCC(=O)Nc1ccc(I)cc1C. The van der Waals surface area contributed by atoms with Crippen LogP contribution in [0.25, 0.3) is 0 Å². The number of benzene rings is 2. The second-order valence-electron chi connectivity index (χ2n) is 6.88. The average Bonchev–Trinajstić information content (AvgIpc) is 3.15. The quantitative estimate of drug-likeness (QED) is 0.313. The molecule has 0 spiro atoms. The first-order chi connectivity index (χ1) is 15.0. The van der Waals surface area contributed by atoms with Crippen molar-refractivity contribution in [2.45, 2.75) is 38.5 Å². The van der Waals surface area contributed by atoms with Crippen molar-refractivity contribution >= 4 is 51.9 Å². The molecule has 2 amide bonds. The van der Waals surface area contributed by atoms with E-state index in [0.717, 1.165) is 20.4 Å². The molecule has 0 aliphatic heterocycles. The monoisotopic (exact) mass is 549 g/mol. The molecule has 0 saturated heterocycles. The van der Waals surface area contributed by atoms with Crippen LogP contribution < -0.4 is 10.6 Å². The highest BCUT2D eigenvalue weighted by molar-refractivity contribution is 14.1. The lowest BCUT2D eigenvalue weighted by atomic mass is 10.1. The van der Waals surface area contributed by atoms with Crippen molar-refractivity contribution in [1.82, 2.24) is 20.1 Å². The van der Waals surface area contributed by atoms with Crippen molar-refractivity contribution in [1.29, 1.82) is 0 Å². The molecular weight excluding hydrogens is 525 g/mol. The Kier molecular flexibility index (Phi) is 8.47. The van der Waals surface area contributed by atoms with Gasteiger partial charge in [-0.25, -0.2) is 0 Å². The van der Waals surface area contributed by atoms with Crippen LogP contribution in [0.15, 0.2) is 53.7 Å². The fraction of sp³-hybridized carbons (Fsp3) is 0.273. The van der Waals surface area contributed by atoms with Gasteiger partial charge in [-0.05, 0) is 65.8 Å². The van der Waals surface area contributed by atoms with Crippen LogP contribution in [-0.2, 0) is 29.1 Å². The predicted molar refractivity (Wildman–Crippen MR) is 131 cm³/mol. The summed E-state index contributed by atoms with van der Waals surface area (Å²) in [5.41, 5.74) is 2.79. The smallest absolute Gasteiger partial charge is 0.234 e. The highest BCUT2D eigenvalue weighted by Gasteiger charge is 2.14. The molecule has 0 bridgehead atoms. The summed E-state index contributed by atoms with van der Waals surface area (Å²) in [6.07, 6.45) is 0.320. The third-order valence-electron chi connectivity index (χ3n) is 4.56. The second kappa shape index (κ2) is 11.3. The highest BCUT2D eigenvalue weighted by Crippen LogP contribution is 2.20. The van der Waals surface area contributed by atoms with Crippen LogP contribution in [0.1, 0.15) is 23.9 Å². The Morgan fingerprint density at radius 2 is 1.87 bits per heavy atom. The van der Waals surface area contributed by atoms with Gasteiger partial charge in [0.05, 0.1) is 18.7 Å². The summed E-state index contributed by atoms with van der Waals surface area (Å²) in [5.74, 6) is 0.723. The Hall–Kier alpha value is -2.40. The maximum atomic E-state index is 12.4. The molecule has 0 radical (unpaired) electrons. The summed E-state index contributed by atoms with van der Waals surface area (Å²) in [7, 11) is 0. The summed E-state index contributed by atoms with van der Waals surface area (Å²) in [5, 5.41) is 14.9. The van der Waals surface area contributed by atoms with E-state index in [9.17, 15) is 9.59 Å². The van der Waals surface area contributed by atoms with Crippen LogP contribution in [0.5, 0.6) is 0 Å². The molecule has 1 heterocycles. The number of anilines is 1. The van der Waals surface area contributed by atoms with Gasteiger partial charge in [0, 0.05) is 15.8 Å². The number of amides is 2. The summed E-state index contributed by atoms with van der Waals surface area (Å²) in [6.45, 7) is 4.90. The van der Waals surface area contributed by atoms with Gasteiger partial charge in [0.2, 0.25) is 11.8 Å². The van der Waals surface area contributed by atoms with Crippen molar-refractivity contribution in [3.8, 4) is 0 Å². The normalized spacial score (nSPS) is 10.7. The molecule has 0 saturated carbocycles. The molecular formula is C22H24IN5O2S. The van der Waals surface area contributed by atoms with Gasteiger partial charge in [-0.1, -0.05) is 42.1 Å². The zero-order chi connectivity index (χ0) is 22.2. The zero-order valence-electron chi connectivity index (χ0n) is 17.4. The van der Waals surface area contributed by atoms with Crippen LogP contribution in [0, 0.1) is 10.5 Å². The van der Waals surface area contributed by atoms with Crippen molar-refractivity contribution in [2.24, 2.45) is 0 Å². The number of halogens is 1.